The molecule has 0 radical (unpaired) electrons. The van der Waals surface area contributed by atoms with E-state index in [2.05, 4.69) is 16.0 Å². The van der Waals surface area contributed by atoms with Gasteiger partial charge in [0, 0.05) is 35.3 Å². The van der Waals surface area contributed by atoms with Crippen molar-refractivity contribution in [1.29, 1.82) is 0 Å². The number of thiazole rings is 1. The number of carbonyl (C=O) groups excluding carboxylic acids is 3. The Bertz CT molecular complexity index is 1080. The molecule has 1 atom stereocenters. The van der Waals surface area contributed by atoms with Gasteiger partial charge in [0.2, 0.25) is 11.8 Å². The number of carbonyl (C=O) groups is 3. The summed E-state index contributed by atoms with van der Waals surface area (Å²) in [5.41, 5.74) is 2.71. The highest BCUT2D eigenvalue weighted by Gasteiger charge is 2.39. The van der Waals surface area contributed by atoms with Gasteiger partial charge in [-0.1, -0.05) is 25.3 Å². The maximum absolute atomic E-state index is 13.0. The smallest absolute Gasteiger partial charge is 0.255 e. The Balaban J connectivity index is 1.17. The maximum Gasteiger partial charge on any atom is 0.255 e. The lowest BCUT2D eigenvalue weighted by atomic mass is 9.89. The Morgan fingerprint density at radius 2 is 2.00 bits per heavy atom. The number of nitrogens with zero attached hydrogens (tertiary/aromatic N) is 2. The van der Waals surface area contributed by atoms with Gasteiger partial charge in [-0.2, -0.15) is 0 Å². The molecule has 180 valence electrons. The van der Waals surface area contributed by atoms with Gasteiger partial charge in [0.15, 0.2) is 0 Å². The molecule has 1 saturated heterocycles. The quantitative estimate of drug-likeness (QED) is 0.424. The lowest BCUT2D eigenvalue weighted by molar-refractivity contribution is -0.136. The lowest BCUT2D eigenvalue weighted by Crippen LogP contribution is -2.52. The zero-order valence-corrected chi connectivity index (χ0v) is 20.8. The average molecular weight is 499 g/mol. The molecule has 1 saturated carbocycles. The van der Waals surface area contributed by atoms with Crippen LogP contribution < -0.4 is 10.6 Å². The van der Waals surface area contributed by atoms with E-state index in [-0.39, 0.29) is 24.1 Å². The van der Waals surface area contributed by atoms with E-state index >= 15 is 0 Å². The van der Waals surface area contributed by atoms with Gasteiger partial charge >= 0.3 is 0 Å². The summed E-state index contributed by atoms with van der Waals surface area (Å²) < 4.78 is 0. The molecule has 34 heavy (non-hydrogen) atoms. The summed E-state index contributed by atoms with van der Waals surface area (Å²) in [6.45, 7) is 2.29. The molecule has 2 fully saturated rings. The van der Waals surface area contributed by atoms with Crippen molar-refractivity contribution in [3.05, 3.63) is 45.4 Å². The van der Waals surface area contributed by atoms with Crippen LogP contribution in [-0.4, -0.2) is 40.2 Å². The monoisotopic (exact) mass is 498 g/mol. The van der Waals surface area contributed by atoms with Gasteiger partial charge in [-0.15, -0.1) is 23.1 Å². The van der Waals surface area contributed by atoms with Crippen LogP contribution in [0.15, 0.2) is 28.5 Å². The summed E-state index contributed by atoms with van der Waals surface area (Å²) in [5, 5.41) is 9.15. The zero-order chi connectivity index (χ0) is 23.5. The van der Waals surface area contributed by atoms with Crippen LogP contribution in [0.2, 0.25) is 0 Å². The first-order chi connectivity index (χ1) is 16.6. The number of hydrogen-bond acceptors (Lipinski definition) is 7. The Kier molecular flexibility index (Phi) is 7.32. The minimum Gasteiger partial charge on any atom is -0.322 e. The van der Waals surface area contributed by atoms with E-state index in [4.69, 9.17) is 4.98 Å². The van der Waals surface area contributed by atoms with E-state index in [0.29, 0.717) is 18.5 Å². The number of imide groups is 1. The number of hydrogen-bond donors (Lipinski definition) is 2. The van der Waals surface area contributed by atoms with Gasteiger partial charge < -0.3 is 10.2 Å². The highest BCUT2D eigenvalue weighted by Crippen LogP contribution is 2.36. The highest BCUT2D eigenvalue weighted by atomic mass is 32.2. The SMILES string of the molecule is O=C1CCC(N2Cc3c(SCc4nc(CNCC5CCCCC5)cs4)cccc3C2=O)C(=O)N1. The molecule has 1 aromatic heterocycles. The Labute approximate surface area is 208 Å². The van der Waals surface area contributed by atoms with Crippen molar-refractivity contribution in [2.45, 2.75) is 74.7 Å². The number of fused-ring (bicyclic) bond motifs is 1. The summed E-state index contributed by atoms with van der Waals surface area (Å²) in [4.78, 5) is 44.3. The maximum atomic E-state index is 13.0. The molecular formula is C25H30N4O3S2. The van der Waals surface area contributed by atoms with Crippen LogP contribution >= 0.6 is 23.1 Å². The lowest BCUT2D eigenvalue weighted by Gasteiger charge is -2.29. The van der Waals surface area contributed by atoms with Gasteiger partial charge in [0.25, 0.3) is 5.91 Å². The van der Waals surface area contributed by atoms with Gasteiger partial charge in [-0.25, -0.2) is 4.98 Å². The number of rotatable bonds is 8. The second kappa shape index (κ2) is 10.6. The standard InChI is InChI=1S/C25H30N4O3S2/c30-22-10-9-20(24(31)28-22)29-13-19-18(25(29)32)7-4-8-21(19)33-15-23-27-17(14-34-23)12-26-11-16-5-2-1-3-6-16/h4,7-8,14,16,20,26H,1-3,5-6,9-13,15H2,(H,28,30,31). The van der Waals surface area contributed by atoms with E-state index in [9.17, 15) is 14.4 Å². The summed E-state index contributed by atoms with van der Waals surface area (Å²) in [7, 11) is 0. The molecule has 2 aromatic rings. The van der Waals surface area contributed by atoms with Crippen molar-refractivity contribution in [1.82, 2.24) is 20.5 Å². The Morgan fingerprint density at radius 1 is 1.15 bits per heavy atom. The number of piperidine rings is 1. The first kappa shape index (κ1) is 23.5. The third kappa shape index (κ3) is 5.21. The normalized spacial score (nSPS) is 21.1. The Morgan fingerprint density at radius 3 is 2.82 bits per heavy atom. The van der Waals surface area contributed by atoms with Gasteiger partial charge in [0.1, 0.15) is 11.0 Å². The van der Waals surface area contributed by atoms with E-state index in [1.54, 1.807) is 28.0 Å². The number of aromatic nitrogens is 1. The van der Waals surface area contributed by atoms with Crippen LogP contribution in [0.1, 0.15) is 71.6 Å². The topological polar surface area (TPSA) is 91.4 Å². The molecule has 2 N–H and O–H groups in total. The van der Waals surface area contributed by atoms with Crippen molar-refractivity contribution in [3.63, 3.8) is 0 Å². The minimum atomic E-state index is -0.585. The van der Waals surface area contributed by atoms with E-state index in [0.717, 1.165) is 45.9 Å². The molecule has 9 heteroatoms. The second-order valence-electron chi connectivity index (χ2n) is 9.34. The van der Waals surface area contributed by atoms with E-state index in [1.165, 1.54) is 32.1 Å². The van der Waals surface area contributed by atoms with Crippen molar-refractivity contribution < 1.29 is 14.4 Å². The van der Waals surface area contributed by atoms with E-state index < -0.39 is 6.04 Å². The van der Waals surface area contributed by atoms with Crippen LogP contribution in [0.4, 0.5) is 0 Å². The van der Waals surface area contributed by atoms with E-state index in [1.807, 2.05) is 18.2 Å². The van der Waals surface area contributed by atoms with Crippen molar-refractivity contribution in [3.8, 4) is 0 Å². The van der Waals surface area contributed by atoms with Crippen LogP contribution in [0, 0.1) is 5.92 Å². The van der Waals surface area contributed by atoms with Crippen LogP contribution in [0.3, 0.4) is 0 Å². The van der Waals surface area contributed by atoms with Crippen molar-refractivity contribution in [2.24, 2.45) is 5.92 Å². The van der Waals surface area contributed by atoms with Crippen LogP contribution in [0.25, 0.3) is 0 Å². The summed E-state index contributed by atoms with van der Waals surface area (Å²) in [6.07, 6.45) is 7.45. The number of benzene rings is 1. The Hall–Kier alpha value is -2.23. The van der Waals surface area contributed by atoms with Crippen molar-refractivity contribution in [2.75, 3.05) is 6.54 Å². The number of amides is 3. The predicted molar refractivity (Wildman–Crippen MR) is 132 cm³/mol. The first-order valence-electron chi connectivity index (χ1n) is 12.1. The fraction of sp³-hybridized carbons (Fsp3) is 0.520. The fourth-order valence-corrected chi connectivity index (χ4v) is 7.02. The molecule has 5 rings (SSSR count). The second-order valence-corrected chi connectivity index (χ2v) is 11.3. The van der Waals surface area contributed by atoms with Crippen LogP contribution in [-0.2, 0) is 28.4 Å². The molecular weight excluding hydrogens is 468 g/mol. The number of thioether (sulfide) groups is 1. The molecule has 2 aliphatic heterocycles. The zero-order valence-electron chi connectivity index (χ0n) is 19.2. The summed E-state index contributed by atoms with van der Waals surface area (Å²) in [6, 6.07) is 5.17. The summed E-state index contributed by atoms with van der Waals surface area (Å²) in [5.74, 6) is 0.779. The third-order valence-electron chi connectivity index (χ3n) is 6.95. The fourth-order valence-electron chi connectivity index (χ4n) is 5.12. The van der Waals surface area contributed by atoms with Gasteiger partial charge in [-0.3, -0.25) is 19.7 Å². The molecule has 1 aliphatic carbocycles. The predicted octanol–water partition coefficient (Wildman–Crippen LogP) is 3.87. The molecule has 3 aliphatic rings. The van der Waals surface area contributed by atoms with Gasteiger partial charge in [0.05, 0.1) is 11.4 Å². The average Bonchev–Trinajstić information content (AvgIpc) is 3.43. The molecule has 1 unspecified atom stereocenters. The number of nitrogens with one attached hydrogen (secondary N) is 2. The third-order valence-corrected chi connectivity index (χ3v) is 9.15. The van der Waals surface area contributed by atoms with Gasteiger partial charge in [-0.05, 0) is 49.4 Å². The highest BCUT2D eigenvalue weighted by molar-refractivity contribution is 7.98. The molecule has 0 bridgehead atoms. The molecule has 3 heterocycles. The minimum absolute atomic E-state index is 0.132. The van der Waals surface area contributed by atoms with Crippen molar-refractivity contribution >= 4 is 40.8 Å². The largest absolute Gasteiger partial charge is 0.322 e. The molecule has 3 amide bonds. The first-order valence-corrected chi connectivity index (χ1v) is 14.0. The molecule has 1 aromatic carbocycles. The summed E-state index contributed by atoms with van der Waals surface area (Å²) >= 11 is 3.36. The molecule has 0 spiro atoms. The molecule has 7 nitrogen and oxygen atoms in total. The van der Waals surface area contributed by atoms with Crippen LogP contribution in [0.5, 0.6) is 0 Å².